The lowest BCUT2D eigenvalue weighted by molar-refractivity contribution is 0.112. The van der Waals surface area contributed by atoms with Crippen LogP contribution in [0.1, 0.15) is 30.6 Å². The van der Waals surface area contributed by atoms with Gasteiger partial charge in [-0.15, -0.1) is 0 Å². The molecule has 1 heterocycles. The highest BCUT2D eigenvalue weighted by atomic mass is 16.5. The topological polar surface area (TPSA) is 38.7 Å². The van der Waals surface area contributed by atoms with E-state index in [1.165, 1.54) is 0 Å². The molecule has 0 aromatic heterocycles. The SMILES string of the molecule is CCc1cc(OC)c2c(c1)C(O)CCO2. The van der Waals surface area contributed by atoms with E-state index in [-0.39, 0.29) is 0 Å². The van der Waals surface area contributed by atoms with Crippen molar-refractivity contribution in [3.63, 3.8) is 0 Å². The van der Waals surface area contributed by atoms with Crippen molar-refractivity contribution in [2.75, 3.05) is 13.7 Å². The monoisotopic (exact) mass is 208 g/mol. The zero-order chi connectivity index (χ0) is 10.8. The second kappa shape index (κ2) is 4.11. The van der Waals surface area contributed by atoms with Crippen LogP contribution in [0.15, 0.2) is 12.1 Å². The minimum atomic E-state index is -0.422. The van der Waals surface area contributed by atoms with E-state index in [0.717, 1.165) is 23.3 Å². The van der Waals surface area contributed by atoms with Crippen molar-refractivity contribution in [1.29, 1.82) is 0 Å². The quantitative estimate of drug-likeness (QED) is 0.808. The fourth-order valence-electron chi connectivity index (χ4n) is 1.87. The zero-order valence-corrected chi connectivity index (χ0v) is 9.12. The summed E-state index contributed by atoms with van der Waals surface area (Å²) in [5.74, 6) is 1.43. The standard InChI is InChI=1S/C12H16O3/c1-3-8-6-9-10(13)4-5-15-12(9)11(7-8)14-2/h6-7,10,13H,3-5H2,1-2H3. The number of aliphatic hydroxyl groups is 1. The van der Waals surface area contributed by atoms with Crippen LogP contribution in [0.4, 0.5) is 0 Å². The lowest BCUT2D eigenvalue weighted by Gasteiger charge is -2.24. The number of ether oxygens (including phenoxy) is 2. The average molecular weight is 208 g/mol. The molecule has 1 aliphatic heterocycles. The summed E-state index contributed by atoms with van der Waals surface area (Å²) in [7, 11) is 1.62. The molecular weight excluding hydrogens is 192 g/mol. The van der Waals surface area contributed by atoms with Crippen molar-refractivity contribution >= 4 is 0 Å². The molecule has 0 saturated carbocycles. The molecule has 0 saturated heterocycles. The summed E-state index contributed by atoms with van der Waals surface area (Å²) < 4.78 is 10.8. The molecule has 3 nitrogen and oxygen atoms in total. The molecular formula is C12H16O3. The highest BCUT2D eigenvalue weighted by Gasteiger charge is 2.23. The van der Waals surface area contributed by atoms with E-state index >= 15 is 0 Å². The Labute approximate surface area is 89.6 Å². The lowest BCUT2D eigenvalue weighted by atomic mass is 9.99. The van der Waals surface area contributed by atoms with Gasteiger partial charge in [-0.1, -0.05) is 6.92 Å². The van der Waals surface area contributed by atoms with Crippen LogP contribution in [0.3, 0.4) is 0 Å². The number of fused-ring (bicyclic) bond motifs is 1. The van der Waals surface area contributed by atoms with Gasteiger partial charge in [-0.2, -0.15) is 0 Å². The minimum Gasteiger partial charge on any atom is -0.493 e. The van der Waals surface area contributed by atoms with E-state index in [4.69, 9.17) is 9.47 Å². The molecule has 0 bridgehead atoms. The number of aryl methyl sites for hydroxylation is 1. The first-order valence-electron chi connectivity index (χ1n) is 5.28. The first-order chi connectivity index (χ1) is 7.26. The van der Waals surface area contributed by atoms with Crippen LogP contribution in [0.5, 0.6) is 11.5 Å². The third-order valence-corrected chi connectivity index (χ3v) is 2.77. The predicted molar refractivity (Wildman–Crippen MR) is 57.4 cm³/mol. The number of methoxy groups -OCH3 is 1. The van der Waals surface area contributed by atoms with Crippen molar-refractivity contribution in [2.45, 2.75) is 25.9 Å². The fraction of sp³-hybridized carbons (Fsp3) is 0.500. The first kappa shape index (κ1) is 10.3. The second-order valence-electron chi connectivity index (χ2n) is 3.72. The van der Waals surface area contributed by atoms with Crippen LogP contribution < -0.4 is 9.47 Å². The molecule has 2 rings (SSSR count). The van der Waals surface area contributed by atoms with Crippen LogP contribution in [-0.4, -0.2) is 18.8 Å². The Morgan fingerprint density at radius 2 is 2.33 bits per heavy atom. The van der Waals surface area contributed by atoms with Crippen LogP contribution in [0.25, 0.3) is 0 Å². The Balaban J connectivity index is 2.52. The van der Waals surface area contributed by atoms with Crippen molar-refractivity contribution in [1.82, 2.24) is 0 Å². The molecule has 3 heteroatoms. The van der Waals surface area contributed by atoms with Gasteiger partial charge in [-0.25, -0.2) is 0 Å². The Morgan fingerprint density at radius 3 is 3.00 bits per heavy atom. The molecule has 0 aliphatic carbocycles. The molecule has 0 spiro atoms. The van der Waals surface area contributed by atoms with E-state index in [9.17, 15) is 5.11 Å². The zero-order valence-electron chi connectivity index (χ0n) is 9.12. The summed E-state index contributed by atoms with van der Waals surface area (Å²) in [6.45, 7) is 2.63. The van der Waals surface area contributed by atoms with E-state index in [2.05, 4.69) is 6.92 Å². The van der Waals surface area contributed by atoms with Crippen molar-refractivity contribution in [3.8, 4) is 11.5 Å². The molecule has 1 N–H and O–H groups in total. The van der Waals surface area contributed by atoms with Gasteiger partial charge in [0.2, 0.25) is 0 Å². The highest BCUT2D eigenvalue weighted by Crippen LogP contribution is 2.40. The molecule has 82 valence electrons. The molecule has 1 atom stereocenters. The van der Waals surface area contributed by atoms with Crippen molar-refractivity contribution in [2.24, 2.45) is 0 Å². The highest BCUT2D eigenvalue weighted by molar-refractivity contribution is 5.51. The minimum absolute atomic E-state index is 0.422. The van der Waals surface area contributed by atoms with E-state index in [0.29, 0.717) is 18.8 Å². The number of hydrogen-bond acceptors (Lipinski definition) is 3. The Morgan fingerprint density at radius 1 is 1.53 bits per heavy atom. The van der Waals surface area contributed by atoms with Crippen LogP contribution >= 0.6 is 0 Å². The van der Waals surface area contributed by atoms with Gasteiger partial charge in [0, 0.05) is 12.0 Å². The smallest absolute Gasteiger partial charge is 0.166 e. The van der Waals surface area contributed by atoms with Gasteiger partial charge < -0.3 is 14.6 Å². The molecule has 1 aliphatic rings. The average Bonchev–Trinajstić information content (AvgIpc) is 2.28. The lowest BCUT2D eigenvalue weighted by Crippen LogP contribution is -2.15. The second-order valence-corrected chi connectivity index (χ2v) is 3.72. The van der Waals surface area contributed by atoms with Gasteiger partial charge in [-0.3, -0.25) is 0 Å². The number of rotatable bonds is 2. The van der Waals surface area contributed by atoms with E-state index in [1.54, 1.807) is 7.11 Å². The van der Waals surface area contributed by atoms with E-state index in [1.807, 2.05) is 12.1 Å². The molecule has 0 fully saturated rings. The number of aliphatic hydroxyl groups excluding tert-OH is 1. The van der Waals surface area contributed by atoms with Gasteiger partial charge in [0.1, 0.15) is 0 Å². The molecule has 1 aromatic rings. The summed E-state index contributed by atoms with van der Waals surface area (Å²) in [5.41, 5.74) is 2.02. The van der Waals surface area contributed by atoms with Gasteiger partial charge in [0.15, 0.2) is 11.5 Å². The molecule has 1 aromatic carbocycles. The Bertz CT molecular complexity index is 360. The summed E-state index contributed by atoms with van der Waals surface area (Å²) >= 11 is 0. The van der Waals surface area contributed by atoms with Gasteiger partial charge >= 0.3 is 0 Å². The normalized spacial score (nSPS) is 19.3. The molecule has 15 heavy (non-hydrogen) atoms. The largest absolute Gasteiger partial charge is 0.493 e. The van der Waals surface area contributed by atoms with Gasteiger partial charge in [0.25, 0.3) is 0 Å². The van der Waals surface area contributed by atoms with E-state index < -0.39 is 6.10 Å². The predicted octanol–water partition coefficient (Wildman–Crippen LogP) is 2.07. The van der Waals surface area contributed by atoms with Crippen molar-refractivity contribution in [3.05, 3.63) is 23.3 Å². The molecule has 0 radical (unpaired) electrons. The van der Waals surface area contributed by atoms with Gasteiger partial charge in [-0.05, 0) is 24.1 Å². The molecule has 0 amide bonds. The Hall–Kier alpha value is -1.22. The maximum Gasteiger partial charge on any atom is 0.166 e. The first-order valence-corrected chi connectivity index (χ1v) is 5.28. The number of benzene rings is 1. The van der Waals surface area contributed by atoms with Crippen molar-refractivity contribution < 1.29 is 14.6 Å². The summed E-state index contributed by atoms with van der Waals surface area (Å²) in [5, 5.41) is 9.87. The van der Waals surface area contributed by atoms with Crippen LogP contribution in [0, 0.1) is 0 Å². The third-order valence-electron chi connectivity index (χ3n) is 2.77. The fourth-order valence-corrected chi connectivity index (χ4v) is 1.87. The molecule has 1 unspecified atom stereocenters. The van der Waals surface area contributed by atoms with Gasteiger partial charge in [0.05, 0.1) is 19.8 Å². The maximum atomic E-state index is 9.87. The number of hydrogen-bond donors (Lipinski definition) is 1. The summed E-state index contributed by atoms with van der Waals surface area (Å²) in [6.07, 6.45) is 1.16. The summed E-state index contributed by atoms with van der Waals surface area (Å²) in [4.78, 5) is 0. The van der Waals surface area contributed by atoms with Crippen LogP contribution in [0.2, 0.25) is 0 Å². The Kier molecular flexibility index (Phi) is 2.82. The maximum absolute atomic E-state index is 9.87. The third kappa shape index (κ3) is 1.79. The van der Waals surface area contributed by atoms with Crippen LogP contribution in [-0.2, 0) is 6.42 Å². The summed E-state index contributed by atoms with van der Waals surface area (Å²) in [6, 6.07) is 3.97.